The van der Waals surface area contributed by atoms with Crippen LogP contribution in [0.5, 0.6) is 0 Å². The molecule has 0 amide bonds. The molecule has 0 aliphatic heterocycles. The zero-order chi connectivity index (χ0) is 11.3. The normalized spacial score (nSPS) is 22.2. The Balaban J connectivity index is 2.35. The van der Waals surface area contributed by atoms with Gasteiger partial charge in [0.15, 0.2) is 0 Å². The highest BCUT2D eigenvalue weighted by Gasteiger charge is 2.24. The van der Waals surface area contributed by atoms with Crippen molar-refractivity contribution < 1.29 is 4.74 Å². The number of nitrogens with one attached hydrogen (secondary N) is 1. The molecule has 2 nitrogen and oxygen atoms in total. The fraction of sp³-hybridized carbons (Fsp3) is 1.00. The molecule has 0 spiro atoms. The largest absolute Gasteiger partial charge is 0.383 e. The van der Waals surface area contributed by atoms with Crippen molar-refractivity contribution in [1.82, 2.24) is 5.32 Å². The smallest absolute Gasteiger partial charge is 0.0618 e. The second kappa shape index (κ2) is 6.49. The van der Waals surface area contributed by atoms with Gasteiger partial charge in [-0.3, -0.25) is 0 Å². The van der Waals surface area contributed by atoms with Crippen LogP contribution >= 0.6 is 0 Å². The Morgan fingerprint density at radius 2 is 1.80 bits per heavy atom. The first-order valence-electron chi connectivity index (χ1n) is 6.40. The van der Waals surface area contributed by atoms with Crippen molar-refractivity contribution >= 4 is 0 Å². The van der Waals surface area contributed by atoms with Gasteiger partial charge in [0.1, 0.15) is 0 Å². The third-order valence-corrected chi connectivity index (χ3v) is 3.73. The van der Waals surface area contributed by atoms with Gasteiger partial charge in [0.05, 0.1) is 6.61 Å². The summed E-state index contributed by atoms with van der Waals surface area (Å²) in [5.41, 5.74) is 0. The summed E-state index contributed by atoms with van der Waals surface area (Å²) in [6.45, 7) is 7.69. The molecule has 0 bridgehead atoms. The van der Waals surface area contributed by atoms with Crippen molar-refractivity contribution in [2.45, 2.75) is 58.5 Å². The van der Waals surface area contributed by atoms with E-state index in [1.807, 2.05) is 0 Å². The van der Waals surface area contributed by atoms with Crippen molar-refractivity contribution in [3.63, 3.8) is 0 Å². The highest BCUT2D eigenvalue weighted by atomic mass is 16.5. The fourth-order valence-electron chi connectivity index (χ4n) is 2.54. The van der Waals surface area contributed by atoms with Crippen LogP contribution in [-0.2, 0) is 4.74 Å². The molecule has 0 aromatic heterocycles. The summed E-state index contributed by atoms with van der Waals surface area (Å²) in [5.74, 6) is 1.54. The predicted octanol–water partition coefficient (Wildman–Crippen LogP) is 2.83. The van der Waals surface area contributed by atoms with Crippen molar-refractivity contribution in [3.05, 3.63) is 0 Å². The van der Waals surface area contributed by atoms with E-state index in [4.69, 9.17) is 4.74 Å². The number of methoxy groups -OCH3 is 1. The van der Waals surface area contributed by atoms with Gasteiger partial charge in [0.2, 0.25) is 0 Å². The van der Waals surface area contributed by atoms with Gasteiger partial charge < -0.3 is 10.1 Å². The molecule has 0 saturated heterocycles. The summed E-state index contributed by atoms with van der Waals surface area (Å²) < 4.78 is 5.27. The van der Waals surface area contributed by atoms with E-state index in [0.717, 1.165) is 12.5 Å². The summed E-state index contributed by atoms with van der Waals surface area (Å²) in [6.07, 6.45) is 5.67. The standard InChI is InChI=1S/C13H27NO/c1-10(2)13(9-15-4)14-11(3)12-7-5-6-8-12/h10-14H,5-9H2,1-4H3/t11-,13?/m0/s1. The molecule has 2 heteroatoms. The predicted molar refractivity (Wildman–Crippen MR) is 65.1 cm³/mol. The molecule has 15 heavy (non-hydrogen) atoms. The average molecular weight is 213 g/mol. The molecule has 1 saturated carbocycles. The Bertz CT molecular complexity index is 164. The monoisotopic (exact) mass is 213 g/mol. The van der Waals surface area contributed by atoms with Crippen molar-refractivity contribution in [1.29, 1.82) is 0 Å². The van der Waals surface area contributed by atoms with Gasteiger partial charge in [-0.05, 0) is 31.6 Å². The number of rotatable bonds is 6. The number of hydrogen-bond acceptors (Lipinski definition) is 2. The molecule has 0 radical (unpaired) electrons. The second-order valence-corrected chi connectivity index (χ2v) is 5.31. The zero-order valence-electron chi connectivity index (χ0n) is 10.8. The Hall–Kier alpha value is -0.0800. The summed E-state index contributed by atoms with van der Waals surface area (Å²) >= 11 is 0. The van der Waals surface area contributed by atoms with Crippen LogP contribution < -0.4 is 5.32 Å². The Labute approximate surface area is 94.8 Å². The van der Waals surface area contributed by atoms with Gasteiger partial charge in [-0.15, -0.1) is 0 Å². The Morgan fingerprint density at radius 1 is 1.20 bits per heavy atom. The fourth-order valence-corrected chi connectivity index (χ4v) is 2.54. The van der Waals surface area contributed by atoms with E-state index in [1.54, 1.807) is 7.11 Å². The molecule has 1 aliphatic carbocycles. The van der Waals surface area contributed by atoms with E-state index in [1.165, 1.54) is 25.7 Å². The van der Waals surface area contributed by atoms with Crippen LogP contribution in [-0.4, -0.2) is 25.8 Å². The molecular formula is C13H27NO. The van der Waals surface area contributed by atoms with Gasteiger partial charge in [-0.25, -0.2) is 0 Å². The molecule has 90 valence electrons. The van der Waals surface area contributed by atoms with Gasteiger partial charge in [-0.2, -0.15) is 0 Å². The minimum absolute atomic E-state index is 0.505. The summed E-state index contributed by atoms with van der Waals surface area (Å²) in [6, 6.07) is 1.15. The molecule has 1 fully saturated rings. The molecule has 1 rings (SSSR count). The lowest BCUT2D eigenvalue weighted by molar-refractivity contribution is 0.135. The van der Waals surface area contributed by atoms with Crippen molar-refractivity contribution in [2.24, 2.45) is 11.8 Å². The first-order chi connectivity index (χ1) is 7.15. The second-order valence-electron chi connectivity index (χ2n) is 5.31. The molecule has 1 unspecified atom stereocenters. The lowest BCUT2D eigenvalue weighted by atomic mass is 9.96. The van der Waals surface area contributed by atoms with E-state index in [9.17, 15) is 0 Å². The van der Waals surface area contributed by atoms with E-state index in [0.29, 0.717) is 18.0 Å². The number of ether oxygens (including phenoxy) is 1. The van der Waals surface area contributed by atoms with Crippen molar-refractivity contribution in [2.75, 3.05) is 13.7 Å². The number of hydrogen-bond donors (Lipinski definition) is 1. The van der Waals surface area contributed by atoms with E-state index >= 15 is 0 Å². The van der Waals surface area contributed by atoms with Crippen LogP contribution in [0.15, 0.2) is 0 Å². The van der Waals surface area contributed by atoms with Crippen LogP contribution in [0.4, 0.5) is 0 Å². The quantitative estimate of drug-likeness (QED) is 0.732. The molecule has 0 heterocycles. The summed E-state index contributed by atoms with van der Waals surface area (Å²) in [4.78, 5) is 0. The lowest BCUT2D eigenvalue weighted by Gasteiger charge is -2.29. The van der Waals surface area contributed by atoms with Crippen LogP contribution in [0.1, 0.15) is 46.5 Å². The minimum Gasteiger partial charge on any atom is -0.383 e. The van der Waals surface area contributed by atoms with Crippen LogP contribution in [0, 0.1) is 11.8 Å². The first-order valence-corrected chi connectivity index (χ1v) is 6.40. The summed E-state index contributed by atoms with van der Waals surface area (Å²) in [5, 5.41) is 3.73. The SMILES string of the molecule is COCC(N[C@@H](C)C1CCCC1)C(C)C. The third kappa shape index (κ3) is 4.12. The minimum atomic E-state index is 0.505. The molecule has 0 aromatic carbocycles. The van der Waals surface area contributed by atoms with E-state index in [-0.39, 0.29) is 0 Å². The first kappa shape index (κ1) is 13.0. The van der Waals surface area contributed by atoms with Gasteiger partial charge in [0, 0.05) is 19.2 Å². The topological polar surface area (TPSA) is 21.3 Å². The van der Waals surface area contributed by atoms with Crippen LogP contribution in [0.3, 0.4) is 0 Å². The molecular weight excluding hydrogens is 186 g/mol. The maximum absolute atomic E-state index is 5.27. The Kier molecular flexibility index (Phi) is 5.62. The van der Waals surface area contributed by atoms with E-state index < -0.39 is 0 Å². The van der Waals surface area contributed by atoms with E-state index in [2.05, 4.69) is 26.1 Å². The zero-order valence-corrected chi connectivity index (χ0v) is 10.8. The van der Waals surface area contributed by atoms with Gasteiger partial charge in [0.25, 0.3) is 0 Å². The molecule has 1 N–H and O–H groups in total. The maximum atomic E-state index is 5.27. The lowest BCUT2D eigenvalue weighted by Crippen LogP contribution is -2.45. The average Bonchev–Trinajstić information content (AvgIpc) is 2.69. The van der Waals surface area contributed by atoms with Gasteiger partial charge >= 0.3 is 0 Å². The third-order valence-electron chi connectivity index (χ3n) is 3.73. The van der Waals surface area contributed by atoms with Crippen LogP contribution in [0.25, 0.3) is 0 Å². The maximum Gasteiger partial charge on any atom is 0.0618 e. The van der Waals surface area contributed by atoms with Gasteiger partial charge in [-0.1, -0.05) is 26.7 Å². The molecule has 2 atom stereocenters. The highest BCUT2D eigenvalue weighted by molar-refractivity contribution is 4.81. The Morgan fingerprint density at radius 3 is 2.27 bits per heavy atom. The molecule has 0 aromatic rings. The van der Waals surface area contributed by atoms with Crippen LogP contribution in [0.2, 0.25) is 0 Å². The highest BCUT2D eigenvalue weighted by Crippen LogP contribution is 2.27. The summed E-state index contributed by atoms with van der Waals surface area (Å²) in [7, 11) is 1.79. The van der Waals surface area contributed by atoms with Crippen molar-refractivity contribution in [3.8, 4) is 0 Å². The molecule has 1 aliphatic rings.